The van der Waals surface area contributed by atoms with Crippen molar-refractivity contribution in [2.75, 3.05) is 0 Å². The molecule has 2 N–H and O–H groups in total. The van der Waals surface area contributed by atoms with Crippen LogP contribution in [0.4, 0.5) is 4.39 Å². The predicted molar refractivity (Wildman–Crippen MR) is 54.4 cm³/mol. The number of benzene rings is 1. The molecular formula is C10H9ClFNO. The molecule has 0 aliphatic rings. The summed E-state index contributed by atoms with van der Waals surface area (Å²) in [6.45, 7) is 1.62. The van der Waals surface area contributed by atoms with E-state index in [0.717, 1.165) is 6.08 Å². The van der Waals surface area contributed by atoms with Crippen molar-refractivity contribution in [2.45, 2.75) is 6.92 Å². The summed E-state index contributed by atoms with van der Waals surface area (Å²) >= 11 is 5.74. The first-order chi connectivity index (χ1) is 6.52. The van der Waals surface area contributed by atoms with Gasteiger partial charge < -0.3 is 5.73 Å². The number of carbonyl (C=O) groups is 1. The molecule has 1 aromatic carbocycles. The zero-order valence-electron chi connectivity index (χ0n) is 7.55. The molecule has 0 radical (unpaired) electrons. The van der Waals surface area contributed by atoms with Crippen molar-refractivity contribution in [3.63, 3.8) is 0 Å². The van der Waals surface area contributed by atoms with E-state index < -0.39 is 11.7 Å². The highest BCUT2D eigenvalue weighted by Gasteiger charge is 2.06. The third kappa shape index (κ3) is 2.33. The maximum atomic E-state index is 13.4. The molecule has 4 heteroatoms. The highest BCUT2D eigenvalue weighted by Crippen LogP contribution is 2.23. The van der Waals surface area contributed by atoms with E-state index in [1.807, 2.05) is 0 Å². The van der Waals surface area contributed by atoms with Gasteiger partial charge >= 0.3 is 0 Å². The number of hydrogen-bond acceptors (Lipinski definition) is 1. The van der Waals surface area contributed by atoms with Crippen LogP contribution in [-0.2, 0) is 4.79 Å². The fourth-order valence-corrected chi connectivity index (χ4v) is 1.21. The Bertz CT molecular complexity index is 401. The smallest absolute Gasteiger partial charge is 0.241 e. The van der Waals surface area contributed by atoms with Gasteiger partial charge in [-0.2, -0.15) is 0 Å². The first kappa shape index (κ1) is 10.7. The second-order valence-electron chi connectivity index (χ2n) is 2.83. The average Bonchev–Trinajstić information content (AvgIpc) is 2.11. The lowest BCUT2D eigenvalue weighted by atomic mass is 10.1. The van der Waals surface area contributed by atoms with E-state index in [1.54, 1.807) is 19.1 Å². The second kappa shape index (κ2) is 4.24. The fourth-order valence-electron chi connectivity index (χ4n) is 0.997. The molecular weight excluding hydrogens is 205 g/mol. The van der Waals surface area contributed by atoms with Gasteiger partial charge in [-0.25, -0.2) is 4.39 Å². The van der Waals surface area contributed by atoms with Crippen LogP contribution in [0.5, 0.6) is 0 Å². The zero-order valence-corrected chi connectivity index (χ0v) is 8.31. The molecule has 74 valence electrons. The van der Waals surface area contributed by atoms with Gasteiger partial charge in [-0.1, -0.05) is 17.7 Å². The Hall–Kier alpha value is -1.35. The lowest BCUT2D eigenvalue weighted by Gasteiger charge is -2.02. The maximum absolute atomic E-state index is 13.4. The number of halogens is 2. The zero-order chi connectivity index (χ0) is 10.7. The quantitative estimate of drug-likeness (QED) is 0.753. The Balaban J connectivity index is 3.19. The van der Waals surface area contributed by atoms with Crippen molar-refractivity contribution in [2.24, 2.45) is 5.73 Å². The first-order valence-electron chi connectivity index (χ1n) is 3.94. The van der Waals surface area contributed by atoms with E-state index in [-0.39, 0.29) is 10.6 Å². The van der Waals surface area contributed by atoms with E-state index >= 15 is 0 Å². The van der Waals surface area contributed by atoms with E-state index in [0.29, 0.717) is 5.56 Å². The molecule has 0 heterocycles. The Morgan fingerprint density at radius 2 is 2.21 bits per heavy atom. The monoisotopic (exact) mass is 213 g/mol. The number of nitrogens with two attached hydrogens (primary N) is 1. The van der Waals surface area contributed by atoms with Gasteiger partial charge in [-0.3, -0.25) is 4.79 Å². The van der Waals surface area contributed by atoms with E-state index in [4.69, 9.17) is 17.3 Å². The third-order valence-corrected chi connectivity index (χ3v) is 2.06. The summed E-state index contributed by atoms with van der Waals surface area (Å²) in [6.07, 6.45) is 2.34. The molecule has 0 aliphatic carbocycles. The molecule has 0 aliphatic heterocycles. The molecule has 0 fully saturated rings. The number of primary amides is 1. The molecule has 1 amide bonds. The van der Waals surface area contributed by atoms with Crippen molar-refractivity contribution in [1.29, 1.82) is 0 Å². The molecule has 14 heavy (non-hydrogen) atoms. The van der Waals surface area contributed by atoms with Gasteiger partial charge in [0.25, 0.3) is 0 Å². The number of aryl methyl sites for hydroxylation is 1. The van der Waals surface area contributed by atoms with Crippen LogP contribution < -0.4 is 5.73 Å². The molecule has 0 saturated carbocycles. The van der Waals surface area contributed by atoms with Crippen LogP contribution in [0.3, 0.4) is 0 Å². The molecule has 0 saturated heterocycles. The topological polar surface area (TPSA) is 43.1 Å². The van der Waals surface area contributed by atoms with Gasteiger partial charge in [0.05, 0.1) is 5.02 Å². The fraction of sp³-hybridized carbons (Fsp3) is 0.100. The van der Waals surface area contributed by atoms with Gasteiger partial charge in [-0.15, -0.1) is 0 Å². The molecule has 0 spiro atoms. The highest BCUT2D eigenvalue weighted by atomic mass is 35.5. The minimum atomic E-state index is -0.637. The first-order valence-corrected chi connectivity index (χ1v) is 4.32. The Labute approximate surface area is 86.2 Å². The Kier molecular flexibility index (Phi) is 3.25. The van der Waals surface area contributed by atoms with Gasteiger partial charge in [0.2, 0.25) is 5.91 Å². The summed E-state index contributed by atoms with van der Waals surface area (Å²) in [7, 11) is 0. The standard InChI is InChI=1S/C10H9ClFNO/c1-6-2-4-8(11)7(10(6)12)3-5-9(13)14/h2-5H,1H3,(H2,13,14)/b5-3+. The van der Waals surface area contributed by atoms with Crippen LogP contribution in [0.2, 0.25) is 5.02 Å². The summed E-state index contributed by atoms with van der Waals surface area (Å²) in [4.78, 5) is 10.5. The van der Waals surface area contributed by atoms with E-state index in [9.17, 15) is 9.18 Å². The number of carbonyl (C=O) groups excluding carboxylic acids is 1. The van der Waals surface area contributed by atoms with Gasteiger partial charge in [0.15, 0.2) is 0 Å². The number of rotatable bonds is 2. The summed E-state index contributed by atoms with van der Waals surface area (Å²) in [5, 5.41) is 0.255. The van der Waals surface area contributed by atoms with Crippen molar-refractivity contribution in [1.82, 2.24) is 0 Å². The van der Waals surface area contributed by atoms with Crippen molar-refractivity contribution < 1.29 is 9.18 Å². The van der Waals surface area contributed by atoms with Crippen molar-refractivity contribution in [3.05, 3.63) is 40.2 Å². The number of amides is 1. The average molecular weight is 214 g/mol. The normalized spacial score (nSPS) is 10.8. The van der Waals surface area contributed by atoms with E-state index in [1.165, 1.54) is 6.08 Å². The second-order valence-corrected chi connectivity index (χ2v) is 3.23. The summed E-state index contributed by atoms with van der Waals surface area (Å²) in [5.74, 6) is -1.07. The molecule has 1 rings (SSSR count). The van der Waals surface area contributed by atoms with Crippen LogP contribution in [-0.4, -0.2) is 5.91 Å². The van der Waals surface area contributed by atoms with Crippen molar-refractivity contribution >= 4 is 23.6 Å². The lowest BCUT2D eigenvalue weighted by Crippen LogP contribution is -2.05. The van der Waals surface area contributed by atoms with Gasteiger partial charge in [0.1, 0.15) is 5.82 Å². The van der Waals surface area contributed by atoms with Crippen molar-refractivity contribution in [3.8, 4) is 0 Å². The lowest BCUT2D eigenvalue weighted by molar-refractivity contribution is -0.113. The summed E-state index contributed by atoms with van der Waals surface area (Å²) in [6, 6.07) is 3.14. The summed E-state index contributed by atoms with van der Waals surface area (Å²) in [5.41, 5.74) is 5.54. The third-order valence-electron chi connectivity index (χ3n) is 1.73. The minimum absolute atomic E-state index is 0.186. The molecule has 0 unspecified atom stereocenters. The Morgan fingerprint density at radius 3 is 2.79 bits per heavy atom. The van der Waals surface area contributed by atoms with Crippen LogP contribution in [0.1, 0.15) is 11.1 Å². The largest absolute Gasteiger partial charge is 0.366 e. The highest BCUT2D eigenvalue weighted by molar-refractivity contribution is 6.32. The minimum Gasteiger partial charge on any atom is -0.366 e. The SMILES string of the molecule is Cc1ccc(Cl)c(/C=C/C(N)=O)c1F. The molecule has 1 aromatic rings. The van der Waals surface area contributed by atoms with Crippen LogP contribution >= 0.6 is 11.6 Å². The number of hydrogen-bond donors (Lipinski definition) is 1. The molecule has 0 bridgehead atoms. The van der Waals surface area contributed by atoms with Crippen LogP contribution in [0.25, 0.3) is 6.08 Å². The van der Waals surface area contributed by atoms with Gasteiger partial charge in [0, 0.05) is 11.6 Å². The molecule has 2 nitrogen and oxygen atoms in total. The molecule has 0 atom stereocenters. The van der Waals surface area contributed by atoms with Crippen LogP contribution in [0, 0.1) is 12.7 Å². The maximum Gasteiger partial charge on any atom is 0.241 e. The summed E-state index contributed by atoms with van der Waals surface area (Å²) < 4.78 is 13.4. The predicted octanol–water partition coefficient (Wildman–Crippen LogP) is 2.29. The molecule has 0 aromatic heterocycles. The van der Waals surface area contributed by atoms with Gasteiger partial charge in [-0.05, 0) is 24.6 Å². The van der Waals surface area contributed by atoms with E-state index in [2.05, 4.69) is 0 Å². The van der Waals surface area contributed by atoms with Crippen LogP contribution in [0.15, 0.2) is 18.2 Å². The Morgan fingerprint density at radius 1 is 1.57 bits per heavy atom.